The van der Waals surface area contributed by atoms with Crippen molar-refractivity contribution in [1.82, 2.24) is 19.5 Å². The molecule has 2 aliphatic heterocycles. The highest BCUT2D eigenvalue weighted by molar-refractivity contribution is 5.98. The number of nitrogens with zero attached hydrogens (tertiary/aromatic N) is 4. The Kier molecular flexibility index (Phi) is 4.92. The van der Waals surface area contributed by atoms with Crippen molar-refractivity contribution in [2.75, 3.05) is 18.5 Å². The number of carbonyl (C=O) groups excluding carboxylic acids is 2. The molecule has 3 aromatic rings. The molecule has 1 aromatic carbocycles. The third-order valence-corrected chi connectivity index (χ3v) is 5.75. The van der Waals surface area contributed by atoms with Crippen molar-refractivity contribution in [1.29, 1.82) is 0 Å². The number of aromatic nitrogens is 3. The summed E-state index contributed by atoms with van der Waals surface area (Å²) in [5, 5.41) is 11.5. The predicted molar refractivity (Wildman–Crippen MR) is 110 cm³/mol. The number of hydrogen-bond acceptors (Lipinski definition) is 5. The maximum atomic E-state index is 13.3. The molecule has 1 N–H and O–H groups in total. The van der Waals surface area contributed by atoms with Crippen LogP contribution in [0.25, 0.3) is 5.65 Å². The highest BCUT2D eigenvalue weighted by atomic mass is 16.5. The molecule has 5 rings (SSSR count). The maximum absolute atomic E-state index is 13.3. The Morgan fingerprint density at radius 2 is 2.00 bits per heavy atom. The minimum absolute atomic E-state index is 0.0709. The Labute approximate surface area is 173 Å². The van der Waals surface area contributed by atoms with E-state index >= 15 is 0 Å². The summed E-state index contributed by atoms with van der Waals surface area (Å²) in [6.07, 6.45) is 4.89. The standard InChI is InChI=1S/C22H23N5O3/c28-21(18-9-5-13-30-18)23-16-7-3-6-15(14-16)22(29)26-12-4-8-17(26)20-25-24-19-10-1-2-11-27(19)20/h1-3,6-7,10-11,14,17-18H,4-5,8-9,12-13H2,(H,23,28)/t17-,18-/m0/s1. The molecular formula is C22H23N5O3. The van der Waals surface area contributed by atoms with Crippen LogP contribution in [0.2, 0.25) is 0 Å². The maximum Gasteiger partial charge on any atom is 0.254 e. The molecule has 2 aromatic heterocycles. The van der Waals surface area contributed by atoms with Gasteiger partial charge >= 0.3 is 0 Å². The lowest BCUT2D eigenvalue weighted by Gasteiger charge is -2.24. The monoisotopic (exact) mass is 405 g/mol. The molecule has 2 fully saturated rings. The summed E-state index contributed by atoms with van der Waals surface area (Å²) in [6, 6.07) is 12.7. The van der Waals surface area contributed by atoms with Crippen molar-refractivity contribution in [2.24, 2.45) is 0 Å². The van der Waals surface area contributed by atoms with Crippen molar-refractivity contribution in [3.05, 3.63) is 60.0 Å². The lowest BCUT2D eigenvalue weighted by atomic mass is 10.1. The summed E-state index contributed by atoms with van der Waals surface area (Å²) in [7, 11) is 0. The van der Waals surface area contributed by atoms with E-state index in [0.717, 1.165) is 37.2 Å². The Balaban J connectivity index is 1.36. The van der Waals surface area contributed by atoms with Gasteiger partial charge in [-0.3, -0.25) is 14.0 Å². The first-order valence-corrected chi connectivity index (χ1v) is 10.3. The van der Waals surface area contributed by atoms with E-state index in [2.05, 4.69) is 15.5 Å². The van der Waals surface area contributed by atoms with E-state index in [1.165, 1.54) is 0 Å². The van der Waals surface area contributed by atoms with Crippen LogP contribution in [0.1, 0.15) is 47.9 Å². The first-order chi connectivity index (χ1) is 14.7. The van der Waals surface area contributed by atoms with E-state index in [4.69, 9.17) is 4.74 Å². The summed E-state index contributed by atoms with van der Waals surface area (Å²) < 4.78 is 7.37. The smallest absolute Gasteiger partial charge is 0.254 e. The molecule has 2 saturated heterocycles. The molecule has 0 spiro atoms. The molecule has 0 bridgehead atoms. The van der Waals surface area contributed by atoms with E-state index in [1.54, 1.807) is 24.3 Å². The average molecular weight is 405 g/mol. The minimum Gasteiger partial charge on any atom is -0.368 e. The van der Waals surface area contributed by atoms with Crippen LogP contribution in [0, 0.1) is 0 Å². The predicted octanol–water partition coefficient (Wildman–Crippen LogP) is 2.82. The number of benzene rings is 1. The fourth-order valence-electron chi connectivity index (χ4n) is 4.27. The summed E-state index contributed by atoms with van der Waals surface area (Å²) in [4.78, 5) is 27.5. The van der Waals surface area contributed by atoms with Gasteiger partial charge in [-0.15, -0.1) is 10.2 Å². The number of anilines is 1. The molecule has 2 atom stereocenters. The second-order valence-corrected chi connectivity index (χ2v) is 7.72. The molecule has 4 heterocycles. The highest BCUT2D eigenvalue weighted by Gasteiger charge is 2.34. The number of carbonyl (C=O) groups is 2. The number of rotatable bonds is 4. The van der Waals surface area contributed by atoms with Crippen LogP contribution >= 0.6 is 0 Å². The normalized spacial score (nSPS) is 21.3. The molecule has 8 nitrogen and oxygen atoms in total. The summed E-state index contributed by atoms with van der Waals surface area (Å²) in [6.45, 7) is 1.28. The van der Waals surface area contributed by atoms with Crippen LogP contribution < -0.4 is 5.32 Å². The summed E-state index contributed by atoms with van der Waals surface area (Å²) in [5.41, 5.74) is 1.91. The molecule has 8 heteroatoms. The fraction of sp³-hybridized carbons (Fsp3) is 0.364. The van der Waals surface area contributed by atoms with Gasteiger partial charge in [0.2, 0.25) is 0 Å². The molecule has 2 aliphatic rings. The van der Waals surface area contributed by atoms with Crippen molar-refractivity contribution in [3.63, 3.8) is 0 Å². The molecular weight excluding hydrogens is 382 g/mol. The Morgan fingerprint density at radius 1 is 1.07 bits per heavy atom. The zero-order chi connectivity index (χ0) is 20.5. The third kappa shape index (κ3) is 3.43. The van der Waals surface area contributed by atoms with Gasteiger partial charge in [0, 0.05) is 30.6 Å². The van der Waals surface area contributed by atoms with Crippen molar-refractivity contribution in [3.8, 4) is 0 Å². The highest BCUT2D eigenvalue weighted by Crippen LogP contribution is 2.32. The molecule has 30 heavy (non-hydrogen) atoms. The molecule has 0 aliphatic carbocycles. The SMILES string of the molecule is O=C(Nc1cccc(C(=O)N2CCC[C@H]2c2nnc3ccccn23)c1)[C@@H]1CCCO1. The van der Waals surface area contributed by atoms with Crippen molar-refractivity contribution >= 4 is 23.1 Å². The molecule has 2 amide bonds. The molecule has 154 valence electrons. The first-order valence-electron chi connectivity index (χ1n) is 10.3. The van der Waals surface area contributed by atoms with Gasteiger partial charge in [-0.05, 0) is 56.0 Å². The average Bonchev–Trinajstić information content (AvgIpc) is 3.53. The lowest BCUT2D eigenvalue weighted by Crippen LogP contribution is -2.31. The van der Waals surface area contributed by atoms with E-state index in [0.29, 0.717) is 24.4 Å². The Morgan fingerprint density at radius 3 is 2.87 bits per heavy atom. The summed E-state index contributed by atoms with van der Waals surface area (Å²) in [5.74, 6) is 0.545. The van der Waals surface area contributed by atoms with Crippen LogP contribution in [-0.4, -0.2) is 50.6 Å². The van der Waals surface area contributed by atoms with Gasteiger partial charge in [-0.2, -0.15) is 0 Å². The van der Waals surface area contributed by atoms with E-state index in [9.17, 15) is 9.59 Å². The van der Waals surface area contributed by atoms with Crippen LogP contribution in [0.15, 0.2) is 48.7 Å². The van der Waals surface area contributed by atoms with Gasteiger partial charge < -0.3 is 15.0 Å². The lowest BCUT2D eigenvalue weighted by molar-refractivity contribution is -0.124. The summed E-state index contributed by atoms with van der Waals surface area (Å²) >= 11 is 0. The quantitative estimate of drug-likeness (QED) is 0.721. The second-order valence-electron chi connectivity index (χ2n) is 7.72. The molecule has 0 radical (unpaired) electrons. The van der Waals surface area contributed by atoms with Crippen molar-refractivity contribution < 1.29 is 14.3 Å². The Hall–Kier alpha value is -3.26. The zero-order valence-electron chi connectivity index (χ0n) is 16.5. The van der Waals surface area contributed by atoms with Crippen LogP contribution in [0.5, 0.6) is 0 Å². The second kappa shape index (κ2) is 7.87. The Bertz CT molecular complexity index is 1090. The van der Waals surface area contributed by atoms with Gasteiger partial charge in [0.25, 0.3) is 11.8 Å². The van der Waals surface area contributed by atoms with Crippen molar-refractivity contribution in [2.45, 2.75) is 37.8 Å². The van der Waals surface area contributed by atoms with Crippen LogP contribution in [-0.2, 0) is 9.53 Å². The third-order valence-electron chi connectivity index (χ3n) is 5.75. The van der Waals surface area contributed by atoms with Gasteiger partial charge in [0.05, 0.1) is 6.04 Å². The number of nitrogens with one attached hydrogen (secondary N) is 1. The largest absolute Gasteiger partial charge is 0.368 e. The van der Waals surface area contributed by atoms with Crippen LogP contribution in [0.3, 0.4) is 0 Å². The van der Waals surface area contributed by atoms with Gasteiger partial charge in [0.15, 0.2) is 11.5 Å². The molecule has 0 unspecified atom stereocenters. The number of pyridine rings is 1. The number of hydrogen-bond donors (Lipinski definition) is 1. The van der Waals surface area contributed by atoms with Gasteiger partial charge in [0.1, 0.15) is 6.10 Å². The van der Waals surface area contributed by atoms with E-state index in [1.807, 2.05) is 33.7 Å². The van der Waals surface area contributed by atoms with E-state index in [-0.39, 0.29) is 17.9 Å². The molecule has 0 saturated carbocycles. The number of fused-ring (bicyclic) bond motifs is 1. The number of amides is 2. The number of ether oxygens (including phenoxy) is 1. The van der Waals surface area contributed by atoms with E-state index < -0.39 is 6.10 Å². The first kappa shape index (κ1) is 18.7. The fourth-order valence-corrected chi connectivity index (χ4v) is 4.27. The van der Waals surface area contributed by atoms with Gasteiger partial charge in [-0.1, -0.05) is 12.1 Å². The van der Waals surface area contributed by atoms with Crippen LogP contribution in [0.4, 0.5) is 5.69 Å². The van der Waals surface area contributed by atoms with Gasteiger partial charge in [-0.25, -0.2) is 0 Å². The number of likely N-dealkylation sites (tertiary alicyclic amines) is 1. The minimum atomic E-state index is -0.409. The zero-order valence-corrected chi connectivity index (χ0v) is 16.5. The topological polar surface area (TPSA) is 88.8 Å².